The lowest BCUT2D eigenvalue weighted by atomic mass is 10.3. The van der Waals surface area contributed by atoms with Crippen molar-refractivity contribution < 1.29 is 0 Å². The maximum absolute atomic E-state index is 3.51. The fourth-order valence-corrected chi connectivity index (χ4v) is 2.02. The van der Waals surface area contributed by atoms with Crippen LogP contribution in [0.5, 0.6) is 0 Å². The first-order chi connectivity index (χ1) is 6.72. The summed E-state index contributed by atoms with van der Waals surface area (Å²) in [4.78, 5) is 0. The molecule has 1 heterocycles. The van der Waals surface area contributed by atoms with Gasteiger partial charge < -0.3 is 9.88 Å². The molecule has 0 radical (unpaired) electrons. The lowest BCUT2D eigenvalue weighted by Gasteiger charge is -2.11. The minimum absolute atomic E-state index is 0.597. The Balaban J connectivity index is 2.20. The van der Waals surface area contributed by atoms with Crippen molar-refractivity contribution in [1.82, 2.24) is 9.88 Å². The van der Waals surface area contributed by atoms with Gasteiger partial charge in [0.15, 0.2) is 0 Å². The molecule has 1 aromatic rings. The molecule has 0 aliphatic heterocycles. The van der Waals surface area contributed by atoms with Gasteiger partial charge in [-0.1, -0.05) is 6.92 Å². The number of rotatable bonds is 6. The smallest absolute Gasteiger partial charge is 0.0223 e. The second-order valence-corrected chi connectivity index (χ2v) is 4.95. The van der Waals surface area contributed by atoms with E-state index < -0.39 is 0 Å². The van der Waals surface area contributed by atoms with Crippen LogP contribution >= 0.6 is 11.8 Å². The Morgan fingerprint density at radius 3 is 2.93 bits per heavy atom. The van der Waals surface area contributed by atoms with Gasteiger partial charge in [0.2, 0.25) is 0 Å². The van der Waals surface area contributed by atoms with Crippen LogP contribution in [0.25, 0.3) is 0 Å². The number of thioether (sulfide) groups is 1. The highest BCUT2D eigenvalue weighted by molar-refractivity contribution is 7.99. The quantitative estimate of drug-likeness (QED) is 0.779. The van der Waals surface area contributed by atoms with Crippen LogP contribution in [0.15, 0.2) is 18.5 Å². The molecule has 0 fully saturated rings. The van der Waals surface area contributed by atoms with Crippen LogP contribution in [0.2, 0.25) is 0 Å². The number of nitrogens with zero attached hydrogens (tertiary/aromatic N) is 1. The summed E-state index contributed by atoms with van der Waals surface area (Å²) in [6.07, 6.45) is 4.25. The van der Waals surface area contributed by atoms with E-state index in [-0.39, 0.29) is 0 Å². The van der Waals surface area contributed by atoms with Crippen LogP contribution in [-0.2, 0) is 13.6 Å². The average molecular weight is 212 g/mol. The minimum Gasteiger partial charge on any atom is -0.357 e. The van der Waals surface area contributed by atoms with Crippen LogP contribution in [0, 0.1) is 0 Å². The zero-order valence-electron chi connectivity index (χ0n) is 9.29. The van der Waals surface area contributed by atoms with E-state index in [1.165, 1.54) is 17.1 Å². The average Bonchev–Trinajstić information content (AvgIpc) is 2.58. The maximum Gasteiger partial charge on any atom is 0.0223 e. The summed E-state index contributed by atoms with van der Waals surface area (Å²) >= 11 is 1.99. The van der Waals surface area contributed by atoms with Crippen LogP contribution in [0.3, 0.4) is 0 Å². The number of aryl methyl sites for hydroxylation is 1. The van der Waals surface area contributed by atoms with E-state index in [1.54, 1.807) is 0 Å². The second-order valence-electron chi connectivity index (χ2n) is 3.63. The highest BCUT2D eigenvalue weighted by Crippen LogP contribution is 2.03. The molecular formula is C11H20N2S. The van der Waals surface area contributed by atoms with Crippen molar-refractivity contribution in [2.24, 2.45) is 7.05 Å². The van der Waals surface area contributed by atoms with Crippen molar-refractivity contribution >= 4 is 11.8 Å². The van der Waals surface area contributed by atoms with Crippen LogP contribution < -0.4 is 5.32 Å². The van der Waals surface area contributed by atoms with Crippen molar-refractivity contribution in [2.45, 2.75) is 26.4 Å². The highest BCUT2D eigenvalue weighted by atomic mass is 32.2. The number of nitrogens with one attached hydrogen (secondary N) is 1. The first kappa shape index (κ1) is 11.7. The van der Waals surface area contributed by atoms with Gasteiger partial charge in [0.25, 0.3) is 0 Å². The third-order valence-corrected chi connectivity index (χ3v) is 3.26. The standard InChI is InChI=1S/C11H20N2S/c1-4-14-9-10(2)12-7-11-5-6-13(3)8-11/h5-6,8,10,12H,4,7,9H2,1-3H3. The normalized spacial score (nSPS) is 13.1. The lowest BCUT2D eigenvalue weighted by Crippen LogP contribution is -2.27. The molecule has 80 valence electrons. The molecule has 0 aromatic carbocycles. The van der Waals surface area contributed by atoms with Crippen molar-refractivity contribution in [3.05, 3.63) is 24.0 Å². The first-order valence-electron chi connectivity index (χ1n) is 5.14. The maximum atomic E-state index is 3.51. The number of aromatic nitrogens is 1. The molecular weight excluding hydrogens is 192 g/mol. The van der Waals surface area contributed by atoms with Crippen LogP contribution in [-0.4, -0.2) is 22.1 Å². The Hall–Kier alpha value is -0.410. The largest absolute Gasteiger partial charge is 0.357 e. The molecule has 0 saturated heterocycles. The predicted octanol–water partition coefficient (Wildman–Crippen LogP) is 2.26. The van der Waals surface area contributed by atoms with Gasteiger partial charge in [-0.05, 0) is 24.3 Å². The van der Waals surface area contributed by atoms with E-state index >= 15 is 0 Å². The number of hydrogen-bond acceptors (Lipinski definition) is 2. The molecule has 2 nitrogen and oxygen atoms in total. The zero-order chi connectivity index (χ0) is 10.4. The van der Waals surface area contributed by atoms with E-state index in [9.17, 15) is 0 Å². The van der Waals surface area contributed by atoms with Crippen LogP contribution in [0.1, 0.15) is 19.4 Å². The van der Waals surface area contributed by atoms with Gasteiger partial charge in [0.05, 0.1) is 0 Å². The van der Waals surface area contributed by atoms with E-state index in [2.05, 4.69) is 49.2 Å². The Kier molecular flexibility index (Phi) is 5.12. The monoisotopic (exact) mass is 212 g/mol. The van der Waals surface area contributed by atoms with Crippen LogP contribution in [0.4, 0.5) is 0 Å². The molecule has 1 N–H and O–H groups in total. The molecule has 3 heteroatoms. The van der Waals surface area contributed by atoms with E-state index in [1.807, 2.05) is 11.8 Å². The SMILES string of the molecule is CCSCC(C)NCc1ccn(C)c1. The zero-order valence-corrected chi connectivity index (χ0v) is 10.1. The summed E-state index contributed by atoms with van der Waals surface area (Å²) in [6.45, 7) is 5.42. The predicted molar refractivity (Wildman–Crippen MR) is 64.7 cm³/mol. The van der Waals surface area contributed by atoms with Gasteiger partial charge >= 0.3 is 0 Å². The van der Waals surface area contributed by atoms with Gasteiger partial charge in [-0.2, -0.15) is 11.8 Å². The molecule has 0 saturated carbocycles. The molecule has 0 aliphatic rings. The van der Waals surface area contributed by atoms with E-state index in [0.29, 0.717) is 6.04 Å². The lowest BCUT2D eigenvalue weighted by molar-refractivity contribution is 0.595. The van der Waals surface area contributed by atoms with Crippen molar-refractivity contribution in [2.75, 3.05) is 11.5 Å². The first-order valence-corrected chi connectivity index (χ1v) is 6.29. The highest BCUT2D eigenvalue weighted by Gasteiger charge is 2.01. The minimum atomic E-state index is 0.597. The molecule has 1 unspecified atom stereocenters. The van der Waals surface area contributed by atoms with Crippen molar-refractivity contribution in [3.8, 4) is 0 Å². The van der Waals surface area contributed by atoms with Gasteiger partial charge in [0, 0.05) is 37.8 Å². The third kappa shape index (κ3) is 4.20. The summed E-state index contributed by atoms with van der Waals surface area (Å²) in [7, 11) is 2.06. The van der Waals surface area contributed by atoms with Gasteiger partial charge in [0.1, 0.15) is 0 Å². The van der Waals surface area contributed by atoms with E-state index in [0.717, 1.165) is 6.54 Å². The summed E-state index contributed by atoms with van der Waals surface area (Å²) in [6, 6.07) is 2.76. The fraction of sp³-hybridized carbons (Fsp3) is 0.636. The second kappa shape index (κ2) is 6.14. The third-order valence-electron chi connectivity index (χ3n) is 2.12. The number of hydrogen-bond donors (Lipinski definition) is 1. The van der Waals surface area contributed by atoms with Gasteiger partial charge in [-0.3, -0.25) is 0 Å². The van der Waals surface area contributed by atoms with E-state index in [4.69, 9.17) is 0 Å². The summed E-state index contributed by atoms with van der Waals surface area (Å²) in [5.74, 6) is 2.40. The Bertz CT molecular complexity index is 258. The summed E-state index contributed by atoms with van der Waals surface area (Å²) < 4.78 is 2.09. The Morgan fingerprint density at radius 2 is 2.36 bits per heavy atom. The molecule has 0 amide bonds. The van der Waals surface area contributed by atoms with Gasteiger partial charge in [-0.15, -0.1) is 0 Å². The van der Waals surface area contributed by atoms with Crippen molar-refractivity contribution in [1.29, 1.82) is 0 Å². The van der Waals surface area contributed by atoms with Crippen molar-refractivity contribution in [3.63, 3.8) is 0 Å². The summed E-state index contributed by atoms with van der Waals surface area (Å²) in [5.41, 5.74) is 1.36. The molecule has 0 bridgehead atoms. The van der Waals surface area contributed by atoms with Gasteiger partial charge in [-0.25, -0.2) is 0 Å². The fourth-order valence-electron chi connectivity index (χ4n) is 1.31. The summed E-state index contributed by atoms with van der Waals surface area (Å²) in [5, 5.41) is 3.51. The molecule has 14 heavy (non-hydrogen) atoms. The molecule has 1 atom stereocenters. The molecule has 0 aliphatic carbocycles. The molecule has 1 aromatic heterocycles. The Labute approximate surface area is 91.1 Å². The molecule has 0 spiro atoms. The topological polar surface area (TPSA) is 17.0 Å². The molecule has 1 rings (SSSR count). The Morgan fingerprint density at radius 1 is 1.57 bits per heavy atom.